The van der Waals surface area contributed by atoms with Crippen LogP contribution in [0.4, 0.5) is 0 Å². The third-order valence-corrected chi connectivity index (χ3v) is 3.96. The van der Waals surface area contributed by atoms with Crippen molar-refractivity contribution in [3.8, 4) is 0 Å². The number of carbonyl (C=O) groups is 1. The fraction of sp³-hybridized carbons (Fsp3) is 0.533. The number of benzene rings is 1. The van der Waals surface area contributed by atoms with Gasteiger partial charge in [0.05, 0.1) is 0 Å². The topological polar surface area (TPSA) is 17.1 Å². The van der Waals surface area contributed by atoms with E-state index in [1.807, 2.05) is 13.0 Å². The van der Waals surface area contributed by atoms with Gasteiger partial charge in [-0.2, -0.15) is 0 Å². The maximum absolute atomic E-state index is 12.0. The van der Waals surface area contributed by atoms with Crippen LogP contribution in [0.15, 0.2) is 18.2 Å². The summed E-state index contributed by atoms with van der Waals surface area (Å²) < 4.78 is 0. The Morgan fingerprint density at radius 2 is 2.12 bits per heavy atom. The Morgan fingerprint density at radius 1 is 1.29 bits per heavy atom. The molecule has 0 bridgehead atoms. The summed E-state index contributed by atoms with van der Waals surface area (Å²) in [7, 11) is 0. The van der Waals surface area contributed by atoms with Gasteiger partial charge in [-0.25, -0.2) is 0 Å². The van der Waals surface area contributed by atoms with E-state index in [1.165, 1.54) is 18.4 Å². The van der Waals surface area contributed by atoms with E-state index >= 15 is 0 Å². The van der Waals surface area contributed by atoms with E-state index in [9.17, 15) is 4.79 Å². The van der Waals surface area contributed by atoms with Crippen LogP contribution >= 0.6 is 11.6 Å². The van der Waals surface area contributed by atoms with Gasteiger partial charge in [-0.05, 0) is 43.4 Å². The first kappa shape index (κ1) is 12.6. The highest BCUT2D eigenvalue weighted by Gasteiger charge is 2.21. The number of ketones is 1. The molecule has 1 fully saturated rings. The Balaban J connectivity index is 2.10. The van der Waals surface area contributed by atoms with Gasteiger partial charge < -0.3 is 0 Å². The molecule has 2 rings (SSSR count). The van der Waals surface area contributed by atoms with Crippen molar-refractivity contribution >= 4 is 17.4 Å². The van der Waals surface area contributed by atoms with E-state index in [1.54, 1.807) is 0 Å². The lowest BCUT2D eigenvalue weighted by Crippen LogP contribution is -2.15. The molecule has 0 N–H and O–H groups in total. The molecule has 1 aliphatic rings. The number of carbonyl (C=O) groups excluding carboxylic acids is 1. The molecule has 1 aromatic rings. The Kier molecular flexibility index (Phi) is 4.22. The molecule has 0 heterocycles. The zero-order valence-electron chi connectivity index (χ0n) is 10.3. The molecule has 0 amide bonds. The molecule has 1 aromatic carbocycles. The van der Waals surface area contributed by atoms with Crippen molar-refractivity contribution in [2.24, 2.45) is 5.92 Å². The smallest absolute Gasteiger partial charge is 0.136 e. The van der Waals surface area contributed by atoms with Crippen LogP contribution < -0.4 is 0 Å². The van der Waals surface area contributed by atoms with Gasteiger partial charge in [0.2, 0.25) is 0 Å². The zero-order valence-corrected chi connectivity index (χ0v) is 11.1. The van der Waals surface area contributed by atoms with Crippen LogP contribution in [-0.2, 0) is 11.2 Å². The first-order chi connectivity index (χ1) is 8.16. The molecular weight excluding hydrogens is 232 g/mol. The standard InChI is InChI=1S/C15H19ClO/c1-11-7-8-12(14(16)9-11)10-13-5-3-2-4-6-15(13)17/h7-9,13H,2-6,10H2,1H3. The summed E-state index contributed by atoms with van der Waals surface area (Å²) >= 11 is 6.23. The van der Waals surface area contributed by atoms with Gasteiger partial charge in [0.1, 0.15) is 5.78 Å². The van der Waals surface area contributed by atoms with E-state index in [0.717, 1.165) is 36.3 Å². The summed E-state index contributed by atoms with van der Waals surface area (Å²) in [5, 5.41) is 0.807. The normalized spacial score (nSPS) is 21.3. The molecule has 0 aliphatic heterocycles. The third-order valence-electron chi connectivity index (χ3n) is 3.61. The van der Waals surface area contributed by atoms with E-state index in [4.69, 9.17) is 11.6 Å². The van der Waals surface area contributed by atoms with Crippen LogP contribution in [-0.4, -0.2) is 5.78 Å². The van der Waals surface area contributed by atoms with Crippen LogP contribution in [0.1, 0.15) is 43.2 Å². The number of hydrogen-bond acceptors (Lipinski definition) is 1. The highest BCUT2D eigenvalue weighted by molar-refractivity contribution is 6.31. The fourth-order valence-electron chi connectivity index (χ4n) is 2.53. The number of Topliss-reactive ketones (excluding diaryl/α,β-unsaturated/α-hetero) is 1. The minimum atomic E-state index is 0.192. The van der Waals surface area contributed by atoms with Crippen LogP contribution in [0.2, 0.25) is 5.02 Å². The lowest BCUT2D eigenvalue weighted by atomic mass is 9.91. The second-order valence-electron chi connectivity index (χ2n) is 5.06. The summed E-state index contributed by atoms with van der Waals surface area (Å²) in [6.07, 6.45) is 6.05. The van der Waals surface area contributed by atoms with Crippen molar-refractivity contribution in [2.45, 2.75) is 45.4 Å². The number of hydrogen-bond donors (Lipinski definition) is 0. The fourth-order valence-corrected chi connectivity index (χ4v) is 2.84. The van der Waals surface area contributed by atoms with Gasteiger partial charge in [-0.3, -0.25) is 4.79 Å². The second kappa shape index (κ2) is 5.68. The average Bonchev–Trinajstić information content (AvgIpc) is 2.48. The van der Waals surface area contributed by atoms with E-state index in [-0.39, 0.29) is 5.92 Å². The third kappa shape index (κ3) is 3.32. The Bertz CT molecular complexity index is 411. The van der Waals surface area contributed by atoms with E-state index < -0.39 is 0 Å². The maximum Gasteiger partial charge on any atom is 0.136 e. The summed E-state index contributed by atoms with van der Waals surface area (Å²) in [5.41, 5.74) is 2.29. The van der Waals surface area contributed by atoms with Crippen LogP contribution in [0.5, 0.6) is 0 Å². The first-order valence-corrected chi connectivity index (χ1v) is 6.82. The minimum absolute atomic E-state index is 0.192. The molecule has 1 atom stereocenters. The van der Waals surface area contributed by atoms with Gasteiger partial charge >= 0.3 is 0 Å². The molecular formula is C15H19ClO. The Labute approximate surface area is 108 Å². The minimum Gasteiger partial charge on any atom is -0.299 e. The zero-order chi connectivity index (χ0) is 12.3. The molecule has 1 saturated carbocycles. The summed E-state index contributed by atoms with van der Waals surface area (Å²) in [4.78, 5) is 12.0. The molecule has 1 unspecified atom stereocenters. The second-order valence-corrected chi connectivity index (χ2v) is 5.47. The van der Waals surface area contributed by atoms with Crippen molar-refractivity contribution in [1.82, 2.24) is 0 Å². The highest BCUT2D eigenvalue weighted by atomic mass is 35.5. The number of rotatable bonds is 2. The largest absolute Gasteiger partial charge is 0.299 e. The molecule has 1 aliphatic carbocycles. The van der Waals surface area contributed by atoms with Gasteiger partial charge in [0.15, 0.2) is 0 Å². The molecule has 2 heteroatoms. The highest BCUT2D eigenvalue weighted by Crippen LogP contribution is 2.27. The SMILES string of the molecule is Cc1ccc(CC2CCCCCC2=O)c(Cl)c1. The van der Waals surface area contributed by atoms with Crippen molar-refractivity contribution in [3.63, 3.8) is 0 Å². The van der Waals surface area contributed by atoms with Gasteiger partial charge in [0.25, 0.3) is 0 Å². The van der Waals surface area contributed by atoms with E-state index in [0.29, 0.717) is 5.78 Å². The molecule has 0 spiro atoms. The van der Waals surface area contributed by atoms with Crippen molar-refractivity contribution in [2.75, 3.05) is 0 Å². The molecule has 1 nitrogen and oxygen atoms in total. The van der Waals surface area contributed by atoms with Crippen molar-refractivity contribution in [3.05, 3.63) is 34.3 Å². The molecule has 0 radical (unpaired) electrons. The maximum atomic E-state index is 12.0. The molecule has 92 valence electrons. The summed E-state index contributed by atoms with van der Waals surface area (Å²) in [6.45, 7) is 2.03. The summed E-state index contributed by atoms with van der Waals surface area (Å²) in [6, 6.07) is 6.12. The molecule has 0 saturated heterocycles. The summed E-state index contributed by atoms with van der Waals surface area (Å²) in [5.74, 6) is 0.622. The van der Waals surface area contributed by atoms with E-state index in [2.05, 4.69) is 12.1 Å². The van der Waals surface area contributed by atoms with Crippen LogP contribution in [0, 0.1) is 12.8 Å². The lowest BCUT2D eigenvalue weighted by Gasteiger charge is -2.14. The van der Waals surface area contributed by atoms with Crippen LogP contribution in [0.3, 0.4) is 0 Å². The first-order valence-electron chi connectivity index (χ1n) is 6.44. The van der Waals surface area contributed by atoms with Gasteiger partial charge in [-0.15, -0.1) is 0 Å². The quantitative estimate of drug-likeness (QED) is 0.714. The predicted molar refractivity (Wildman–Crippen MR) is 71.5 cm³/mol. The van der Waals surface area contributed by atoms with Crippen LogP contribution in [0.25, 0.3) is 0 Å². The van der Waals surface area contributed by atoms with Gasteiger partial charge in [-0.1, -0.05) is 36.6 Å². The Morgan fingerprint density at radius 3 is 2.88 bits per heavy atom. The lowest BCUT2D eigenvalue weighted by molar-refractivity contribution is -0.122. The Hall–Kier alpha value is -0.820. The number of halogens is 1. The monoisotopic (exact) mass is 250 g/mol. The van der Waals surface area contributed by atoms with Crippen molar-refractivity contribution < 1.29 is 4.79 Å². The molecule has 17 heavy (non-hydrogen) atoms. The average molecular weight is 251 g/mol. The molecule has 0 aromatic heterocycles. The van der Waals surface area contributed by atoms with Gasteiger partial charge in [0, 0.05) is 17.4 Å². The number of aryl methyl sites for hydroxylation is 1. The predicted octanol–water partition coefficient (Wildman–Crippen LogP) is 4.34. The van der Waals surface area contributed by atoms with Crippen molar-refractivity contribution in [1.29, 1.82) is 0 Å².